The lowest BCUT2D eigenvalue weighted by Gasteiger charge is -2.32. The molecule has 0 atom stereocenters. The summed E-state index contributed by atoms with van der Waals surface area (Å²) in [5.74, 6) is 1.79. The van der Waals surface area contributed by atoms with Crippen molar-refractivity contribution in [2.45, 2.75) is 18.8 Å². The summed E-state index contributed by atoms with van der Waals surface area (Å²) in [6.45, 7) is 1.82. The number of fused-ring (bicyclic) bond motifs is 1. The number of rotatable bonds is 4. The molecule has 1 fully saturated rings. The predicted octanol–water partition coefficient (Wildman–Crippen LogP) is 5.29. The molecule has 3 aromatic carbocycles. The number of nitrogens with zero attached hydrogens (tertiary/aromatic N) is 4. The third-order valence-electron chi connectivity index (χ3n) is 6.32. The Morgan fingerprint density at radius 1 is 0.906 bits per heavy atom. The summed E-state index contributed by atoms with van der Waals surface area (Å²) >= 11 is 0. The lowest BCUT2D eigenvalue weighted by molar-refractivity contribution is 0.0992. The molecular weight excluding hydrogens is 396 g/mol. The molecule has 160 valence electrons. The van der Waals surface area contributed by atoms with Gasteiger partial charge in [0, 0.05) is 31.9 Å². The first kappa shape index (κ1) is 20.2. The molecule has 1 amide bonds. The second-order valence-electron chi connectivity index (χ2n) is 8.31. The van der Waals surface area contributed by atoms with E-state index in [1.807, 2.05) is 42.5 Å². The Morgan fingerprint density at radius 2 is 1.62 bits per heavy atom. The number of aromatic nitrogens is 2. The maximum atomic E-state index is 13.1. The molecular formula is C27H26N4O. The highest BCUT2D eigenvalue weighted by atomic mass is 16.2. The van der Waals surface area contributed by atoms with Crippen LogP contribution in [0.4, 0.5) is 11.8 Å². The van der Waals surface area contributed by atoms with Crippen LogP contribution in [0.15, 0.2) is 85.1 Å². The number of hydrogen-bond acceptors (Lipinski definition) is 4. The second kappa shape index (κ2) is 8.79. The molecule has 1 aromatic heterocycles. The van der Waals surface area contributed by atoms with E-state index in [4.69, 9.17) is 4.98 Å². The quantitative estimate of drug-likeness (QED) is 0.448. The van der Waals surface area contributed by atoms with E-state index < -0.39 is 0 Å². The molecule has 2 heterocycles. The fraction of sp³-hybridized carbons (Fsp3) is 0.222. The standard InChI is InChI=1S/C27H26N4O/c1-30(26(32)24-12-11-21-9-5-6-10-23(21)19-24)25-13-16-28-27(29-25)31-17-14-22(15-18-31)20-7-3-2-4-8-20/h2-13,16,19,22H,14-15,17-18H2,1H3. The highest BCUT2D eigenvalue weighted by Crippen LogP contribution is 2.29. The topological polar surface area (TPSA) is 49.3 Å². The summed E-state index contributed by atoms with van der Waals surface area (Å²) in [7, 11) is 1.77. The van der Waals surface area contributed by atoms with Gasteiger partial charge in [0.15, 0.2) is 0 Å². The maximum absolute atomic E-state index is 13.1. The van der Waals surface area contributed by atoms with Crippen molar-refractivity contribution < 1.29 is 4.79 Å². The van der Waals surface area contributed by atoms with E-state index in [0.29, 0.717) is 23.2 Å². The summed E-state index contributed by atoms with van der Waals surface area (Å²) in [5.41, 5.74) is 2.05. The van der Waals surface area contributed by atoms with Crippen molar-refractivity contribution in [3.63, 3.8) is 0 Å². The van der Waals surface area contributed by atoms with Gasteiger partial charge in [-0.2, -0.15) is 4.98 Å². The highest BCUT2D eigenvalue weighted by Gasteiger charge is 2.23. The molecule has 0 saturated carbocycles. The van der Waals surface area contributed by atoms with Gasteiger partial charge in [0.05, 0.1) is 0 Å². The Morgan fingerprint density at radius 3 is 2.41 bits per heavy atom. The Balaban J connectivity index is 1.30. The minimum Gasteiger partial charge on any atom is -0.341 e. The number of amides is 1. The van der Waals surface area contributed by atoms with E-state index in [9.17, 15) is 4.79 Å². The third-order valence-corrected chi connectivity index (χ3v) is 6.32. The number of carbonyl (C=O) groups is 1. The predicted molar refractivity (Wildman–Crippen MR) is 129 cm³/mol. The summed E-state index contributed by atoms with van der Waals surface area (Å²) in [4.78, 5) is 26.2. The zero-order valence-corrected chi connectivity index (χ0v) is 18.2. The Hall–Kier alpha value is -3.73. The van der Waals surface area contributed by atoms with Crippen LogP contribution in [-0.4, -0.2) is 36.0 Å². The van der Waals surface area contributed by atoms with Crippen molar-refractivity contribution in [2.24, 2.45) is 0 Å². The summed E-state index contributed by atoms with van der Waals surface area (Å²) in [6, 6.07) is 26.3. The Labute approximate surface area is 188 Å². The van der Waals surface area contributed by atoms with Gasteiger partial charge in [-0.1, -0.05) is 60.7 Å². The largest absolute Gasteiger partial charge is 0.341 e. The van der Waals surface area contributed by atoms with Gasteiger partial charge in [0.25, 0.3) is 5.91 Å². The maximum Gasteiger partial charge on any atom is 0.259 e. The lowest BCUT2D eigenvalue weighted by atomic mass is 9.90. The number of hydrogen-bond donors (Lipinski definition) is 0. The van der Waals surface area contributed by atoms with Gasteiger partial charge in [-0.3, -0.25) is 9.69 Å². The van der Waals surface area contributed by atoms with Gasteiger partial charge in [-0.05, 0) is 53.3 Å². The van der Waals surface area contributed by atoms with Gasteiger partial charge in [0.2, 0.25) is 5.95 Å². The molecule has 0 unspecified atom stereocenters. The minimum absolute atomic E-state index is 0.0804. The van der Waals surface area contributed by atoms with Gasteiger partial charge in [-0.15, -0.1) is 0 Å². The first-order valence-electron chi connectivity index (χ1n) is 11.1. The number of anilines is 2. The number of benzene rings is 3. The molecule has 5 heteroatoms. The number of piperidine rings is 1. The molecule has 5 rings (SSSR count). The highest BCUT2D eigenvalue weighted by molar-refractivity contribution is 6.07. The van der Waals surface area contributed by atoms with Crippen LogP contribution in [0.5, 0.6) is 0 Å². The van der Waals surface area contributed by atoms with Crippen LogP contribution < -0.4 is 9.80 Å². The van der Waals surface area contributed by atoms with Crippen molar-refractivity contribution in [1.82, 2.24) is 9.97 Å². The van der Waals surface area contributed by atoms with Gasteiger partial charge >= 0.3 is 0 Å². The summed E-state index contributed by atoms with van der Waals surface area (Å²) in [5, 5.41) is 2.17. The van der Waals surface area contributed by atoms with E-state index >= 15 is 0 Å². The average Bonchev–Trinajstić information content (AvgIpc) is 2.88. The average molecular weight is 423 g/mol. The molecule has 1 aliphatic heterocycles. The normalized spacial score (nSPS) is 14.5. The van der Waals surface area contributed by atoms with Crippen LogP contribution >= 0.6 is 0 Å². The molecule has 5 nitrogen and oxygen atoms in total. The van der Waals surface area contributed by atoms with Crippen LogP contribution in [-0.2, 0) is 0 Å². The van der Waals surface area contributed by atoms with E-state index in [1.165, 1.54) is 5.56 Å². The van der Waals surface area contributed by atoms with E-state index in [2.05, 4.69) is 40.2 Å². The zero-order valence-electron chi connectivity index (χ0n) is 18.2. The molecule has 0 radical (unpaired) electrons. The van der Waals surface area contributed by atoms with Crippen molar-refractivity contribution in [1.29, 1.82) is 0 Å². The van der Waals surface area contributed by atoms with Gasteiger partial charge in [-0.25, -0.2) is 4.98 Å². The van der Waals surface area contributed by atoms with Crippen LogP contribution in [0.2, 0.25) is 0 Å². The SMILES string of the molecule is CN(C(=O)c1ccc2ccccc2c1)c1ccnc(N2CCC(c3ccccc3)CC2)n1. The molecule has 4 aromatic rings. The van der Waals surface area contributed by atoms with Crippen LogP contribution in [0.3, 0.4) is 0 Å². The summed E-state index contributed by atoms with van der Waals surface area (Å²) < 4.78 is 0. The van der Waals surface area contributed by atoms with E-state index in [1.54, 1.807) is 24.2 Å². The molecule has 1 aliphatic rings. The van der Waals surface area contributed by atoms with Crippen molar-refractivity contribution in [3.05, 3.63) is 96.2 Å². The van der Waals surface area contributed by atoms with Crippen molar-refractivity contribution >= 4 is 28.4 Å². The van der Waals surface area contributed by atoms with Gasteiger partial charge < -0.3 is 4.90 Å². The first-order valence-corrected chi connectivity index (χ1v) is 11.1. The van der Waals surface area contributed by atoms with Crippen molar-refractivity contribution in [2.75, 3.05) is 29.9 Å². The van der Waals surface area contributed by atoms with E-state index in [0.717, 1.165) is 36.7 Å². The van der Waals surface area contributed by atoms with E-state index in [-0.39, 0.29) is 5.91 Å². The van der Waals surface area contributed by atoms with Crippen LogP contribution in [0, 0.1) is 0 Å². The first-order chi connectivity index (χ1) is 15.7. The fourth-order valence-electron chi connectivity index (χ4n) is 4.44. The minimum atomic E-state index is -0.0804. The molecule has 0 bridgehead atoms. The van der Waals surface area contributed by atoms with Crippen LogP contribution in [0.1, 0.15) is 34.7 Å². The molecule has 1 saturated heterocycles. The fourth-order valence-corrected chi connectivity index (χ4v) is 4.44. The molecule has 0 spiro atoms. The monoisotopic (exact) mass is 422 g/mol. The third kappa shape index (κ3) is 4.06. The zero-order chi connectivity index (χ0) is 21.9. The molecule has 0 aliphatic carbocycles. The Bertz CT molecular complexity index is 1230. The lowest BCUT2D eigenvalue weighted by Crippen LogP contribution is -2.35. The van der Waals surface area contributed by atoms with Crippen molar-refractivity contribution in [3.8, 4) is 0 Å². The Kier molecular flexibility index (Phi) is 5.55. The van der Waals surface area contributed by atoms with Crippen LogP contribution in [0.25, 0.3) is 10.8 Å². The van der Waals surface area contributed by atoms with Gasteiger partial charge in [0.1, 0.15) is 5.82 Å². The smallest absolute Gasteiger partial charge is 0.259 e. The second-order valence-corrected chi connectivity index (χ2v) is 8.31. The number of carbonyl (C=O) groups excluding carboxylic acids is 1. The molecule has 32 heavy (non-hydrogen) atoms. The molecule has 0 N–H and O–H groups in total. The summed E-state index contributed by atoms with van der Waals surface area (Å²) in [6.07, 6.45) is 3.89.